The smallest absolute Gasteiger partial charge is 0.410 e. The van der Waals surface area contributed by atoms with Crippen LogP contribution in [0.25, 0.3) is 0 Å². The standard InChI is InChI=1S/C20H27F2NO3/c1-5-6-7-18(24)17-10-14(13-8-15(21)11-16(22)9-13)12-23(17)19(25)26-20(2,3)4/h8-9,11,14,17H,5-7,10,12H2,1-4H3/t14-,17?/m1/s1. The number of Topliss-reactive ketones (excluding diaryl/α,β-unsaturated/α-hetero) is 1. The molecule has 0 radical (unpaired) electrons. The van der Waals surface area contributed by atoms with Gasteiger partial charge >= 0.3 is 6.09 Å². The third kappa shape index (κ3) is 5.26. The molecule has 1 aromatic rings. The summed E-state index contributed by atoms with van der Waals surface area (Å²) in [5.41, 5.74) is -0.223. The molecule has 1 aliphatic heterocycles. The molecule has 1 heterocycles. The van der Waals surface area contributed by atoms with E-state index in [-0.39, 0.29) is 18.2 Å². The molecule has 0 aliphatic carbocycles. The maximum atomic E-state index is 13.6. The average molecular weight is 367 g/mol. The molecule has 2 rings (SSSR count). The first kappa shape index (κ1) is 20.3. The van der Waals surface area contributed by atoms with Crippen molar-refractivity contribution in [3.8, 4) is 0 Å². The predicted octanol–water partition coefficient (Wildman–Crippen LogP) is 4.82. The Hall–Kier alpha value is -1.98. The lowest BCUT2D eigenvalue weighted by Crippen LogP contribution is -2.43. The number of benzene rings is 1. The molecule has 0 saturated carbocycles. The van der Waals surface area contributed by atoms with E-state index in [2.05, 4.69) is 0 Å². The third-order valence-electron chi connectivity index (χ3n) is 4.43. The molecule has 1 amide bonds. The van der Waals surface area contributed by atoms with Gasteiger partial charge in [-0.05, 0) is 51.3 Å². The minimum atomic E-state index is -0.683. The van der Waals surface area contributed by atoms with Gasteiger partial charge in [0.05, 0.1) is 6.04 Å². The van der Waals surface area contributed by atoms with Crippen molar-refractivity contribution >= 4 is 11.9 Å². The summed E-state index contributed by atoms with van der Waals surface area (Å²) in [5, 5.41) is 0. The van der Waals surface area contributed by atoms with Crippen molar-refractivity contribution in [2.24, 2.45) is 0 Å². The van der Waals surface area contributed by atoms with Crippen LogP contribution in [-0.4, -0.2) is 35.0 Å². The van der Waals surface area contributed by atoms with Crippen molar-refractivity contribution in [1.82, 2.24) is 4.90 Å². The molecule has 144 valence electrons. The van der Waals surface area contributed by atoms with Gasteiger partial charge in [0.25, 0.3) is 0 Å². The summed E-state index contributed by atoms with van der Waals surface area (Å²) in [4.78, 5) is 26.6. The van der Waals surface area contributed by atoms with E-state index < -0.39 is 29.4 Å². The first-order chi connectivity index (χ1) is 12.1. The largest absolute Gasteiger partial charge is 0.444 e. The summed E-state index contributed by atoms with van der Waals surface area (Å²) in [6.07, 6.45) is 1.79. The molecular formula is C20H27F2NO3. The number of hydrogen-bond donors (Lipinski definition) is 0. The van der Waals surface area contributed by atoms with Gasteiger partial charge in [0, 0.05) is 24.9 Å². The number of ether oxygens (including phenoxy) is 1. The van der Waals surface area contributed by atoms with Crippen molar-refractivity contribution in [3.05, 3.63) is 35.4 Å². The fourth-order valence-electron chi connectivity index (χ4n) is 3.23. The van der Waals surface area contributed by atoms with Gasteiger partial charge in [-0.15, -0.1) is 0 Å². The summed E-state index contributed by atoms with van der Waals surface area (Å²) in [7, 11) is 0. The number of unbranched alkanes of at least 4 members (excludes halogenated alkanes) is 1. The highest BCUT2D eigenvalue weighted by Gasteiger charge is 2.41. The van der Waals surface area contributed by atoms with Crippen molar-refractivity contribution in [2.45, 2.75) is 70.9 Å². The molecule has 1 unspecified atom stereocenters. The number of carbonyl (C=O) groups excluding carboxylic acids is 2. The lowest BCUT2D eigenvalue weighted by molar-refractivity contribution is -0.123. The Labute approximate surface area is 153 Å². The van der Waals surface area contributed by atoms with Gasteiger partial charge in [0.1, 0.15) is 17.2 Å². The fraction of sp³-hybridized carbons (Fsp3) is 0.600. The predicted molar refractivity (Wildman–Crippen MR) is 95.0 cm³/mol. The number of hydrogen-bond acceptors (Lipinski definition) is 3. The molecule has 0 spiro atoms. The van der Waals surface area contributed by atoms with Crippen molar-refractivity contribution in [3.63, 3.8) is 0 Å². The van der Waals surface area contributed by atoms with Crippen LogP contribution in [-0.2, 0) is 9.53 Å². The van der Waals surface area contributed by atoms with E-state index in [1.165, 1.54) is 17.0 Å². The number of rotatable bonds is 5. The Morgan fingerprint density at radius 1 is 1.19 bits per heavy atom. The fourth-order valence-corrected chi connectivity index (χ4v) is 3.23. The van der Waals surface area contributed by atoms with Crippen LogP contribution in [0.15, 0.2) is 18.2 Å². The molecule has 0 N–H and O–H groups in total. The highest BCUT2D eigenvalue weighted by molar-refractivity contribution is 5.88. The molecule has 1 saturated heterocycles. The summed E-state index contributed by atoms with van der Waals surface area (Å²) in [6, 6.07) is 2.72. The minimum absolute atomic E-state index is 0.0305. The van der Waals surface area contributed by atoms with E-state index in [9.17, 15) is 18.4 Å². The van der Waals surface area contributed by atoms with E-state index in [0.29, 0.717) is 18.4 Å². The zero-order valence-corrected chi connectivity index (χ0v) is 15.9. The topological polar surface area (TPSA) is 46.6 Å². The Morgan fingerprint density at radius 2 is 1.81 bits per heavy atom. The van der Waals surface area contributed by atoms with Gasteiger partial charge in [-0.25, -0.2) is 13.6 Å². The SMILES string of the molecule is CCCCC(=O)C1C[C@@H](c2cc(F)cc(F)c2)CN1C(=O)OC(C)(C)C. The van der Waals surface area contributed by atoms with Gasteiger partial charge in [0.2, 0.25) is 0 Å². The Kier molecular flexibility index (Phi) is 6.37. The van der Waals surface area contributed by atoms with Crippen LogP contribution in [0.2, 0.25) is 0 Å². The first-order valence-corrected chi connectivity index (χ1v) is 9.09. The lowest BCUT2D eigenvalue weighted by atomic mass is 9.94. The highest BCUT2D eigenvalue weighted by atomic mass is 19.1. The lowest BCUT2D eigenvalue weighted by Gasteiger charge is -2.28. The molecule has 1 fully saturated rings. The van der Waals surface area contributed by atoms with Crippen molar-refractivity contribution < 1.29 is 23.1 Å². The minimum Gasteiger partial charge on any atom is -0.444 e. The van der Waals surface area contributed by atoms with Crippen LogP contribution in [0, 0.1) is 11.6 Å². The molecule has 26 heavy (non-hydrogen) atoms. The summed E-state index contributed by atoms with van der Waals surface area (Å²) in [5.74, 6) is -1.66. The van der Waals surface area contributed by atoms with Gasteiger partial charge < -0.3 is 4.74 Å². The maximum Gasteiger partial charge on any atom is 0.410 e. The third-order valence-corrected chi connectivity index (χ3v) is 4.43. The van der Waals surface area contributed by atoms with Crippen LogP contribution >= 0.6 is 0 Å². The number of nitrogens with zero attached hydrogens (tertiary/aromatic N) is 1. The molecule has 2 atom stereocenters. The van der Waals surface area contributed by atoms with Crippen LogP contribution < -0.4 is 0 Å². The highest BCUT2D eigenvalue weighted by Crippen LogP contribution is 2.34. The molecule has 1 aliphatic rings. The van der Waals surface area contributed by atoms with Crippen molar-refractivity contribution in [1.29, 1.82) is 0 Å². The molecule has 1 aromatic carbocycles. The van der Waals surface area contributed by atoms with Crippen LogP contribution in [0.1, 0.15) is 64.9 Å². The van der Waals surface area contributed by atoms with Gasteiger partial charge in [-0.3, -0.25) is 9.69 Å². The zero-order chi connectivity index (χ0) is 19.5. The summed E-state index contributed by atoms with van der Waals surface area (Å²) in [6.45, 7) is 7.48. The molecule has 0 aromatic heterocycles. The normalized spacial score (nSPS) is 20.3. The van der Waals surface area contributed by atoms with Gasteiger partial charge in [-0.2, -0.15) is 0 Å². The Morgan fingerprint density at radius 3 is 2.35 bits per heavy atom. The number of ketones is 1. The van der Waals surface area contributed by atoms with E-state index in [4.69, 9.17) is 4.74 Å². The Balaban J connectivity index is 2.24. The average Bonchev–Trinajstić information content (AvgIpc) is 2.95. The second-order valence-corrected chi connectivity index (χ2v) is 7.85. The van der Waals surface area contributed by atoms with E-state index in [0.717, 1.165) is 18.9 Å². The second-order valence-electron chi connectivity index (χ2n) is 7.85. The maximum absolute atomic E-state index is 13.6. The van der Waals surface area contributed by atoms with Crippen LogP contribution in [0.5, 0.6) is 0 Å². The molecule has 4 nitrogen and oxygen atoms in total. The van der Waals surface area contributed by atoms with Crippen LogP contribution in [0.4, 0.5) is 13.6 Å². The van der Waals surface area contributed by atoms with Gasteiger partial charge in [0.15, 0.2) is 5.78 Å². The van der Waals surface area contributed by atoms with Gasteiger partial charge in [-0.1, -0.05) is 13.3 Å². The second kappa shape index (κ2) is 8.14. The van der Waals surface area contributed by atoms with E-state index >= 15 is 0 Å². The number of halogens is 2. The quantitative estimate of drug-likeness (QED) is 0.750. The Bertz CT molecular complexity index is 649. The molecule has 6 heteroatoms. The molecular weight excluding hydrogens is 340 g/mol. The summed E-state index contributed by atoms with van der Waals surface area (Å²) < 4.78 is 32.6. The summed E-state index contributed by atoms with van der Waals surface area (Å²) >= 11 is 0. The number of carbonyl (C=O) groups is 2. The molecule has 0 bridgehead atoms. The first-order valence-electron chi connectivity index (χ1n) is 9.09. The number of amides is 1. The number of likely N-dealkylation sites (tertiary alicyclic amines) is 1. The monoisotopic (exact) mass is 367 g/mol. The van der Waals surface area contributed by atoms with E-state index in [1.807, 2.05) is 6.92 Å². The van der Waals surface area contributed by atoms with Crippen LogP contribution in [0.3, 0.4) is 0 Å². The van der Waals surface area contributed by atoms with E-state index in [1.54, 1.807) is 20.8 Å². The zero-order valence-electron chi connectivity index (χ0n) is 15.9. The van der Waals surface area contributed by atoms with Crippen molar-refractivity contribution in [2.75, 3.05) is 6.54 Å².